The first-order valence-electron chi connectivity index (χ1n) is 7.89. The molecular weight excluding hydrogens is 370 g/mol. The number of fused-ring (bicyclic) bond motifs is 1. The Bertz CT molecular complexity index is 857. The van der Waals surface area contributed by atoms with Crippen molar-refractivity contribution in [1.82, 2.24) is 0 Å². The van der Waals surface area contributed by atoms with Gasteiger partial charge in [-0.1, -0.05) is 41.4 Å². The van der Waals surface area contributed by atoms with E-state index in [1.807, 2.05) is 42.5 Å². The highest BCUT2D eigenvalue weighted by atomic mass is 79.9. The Kier molecular flexibility index (Phi) is 5.20. The van der Waals surface area contributed by atoms with Gasteiger partial charge in [-0.3, -0.25) is 4.79 Å². The average molecular weight is 388 g/mol. The van der Waals surface area contributed by atoms with E-state index >= 15 is 0 Å². The van der Waals surface area contributed by atoms with Gasteiger partial charge in [-0.25, -0.2) is 0 Å². The van der Waals surface area contributed by atoms with Crippen molar-refractivity contribution < 1.29 is 13.9 Å². The standard InChI is InChI=1S/C19H18BrNO3/c1-2-3-10-23-17-7-5-4-6-15(17)21-19(22)18-12-13-11-14(20)8-9-16(13)24-18/h4-9,11-12H,2-3,10H2,1H3,(H,21,22). The number of rotatable bonds is 6. The highest BCUT2D eigenvalue weighted by Gasteiger charge is 2.14. The van der Waals surface area contributed by atoms with Gasteiger partial charge in [0.2, 0.25) is 0 Å². The summed E-state index contributed by atoms with van der Waals surface area (Å²) in [7, 11) is 0. The molecule has 124 valence electrons. The second kappa shape index (κ2) is 7.53. The van der Waals surface area contributed by atoms with E-state index < -0.39 is 0 Å². The fourth-order valence-corrected chi connectivity index (χ4v) is 2.71. The van der Waals surface area contributed by atoms with Crippen LogP contribution in [0.15, 0.2) is 57.4 Å². The molecule has 0 spiro atoms. The van der Waals surface area contributed by atoms with E-state index in [0.29, 0.717) is 23.6 Å². The van der Waals surface area contributed by atoms with Crippen molar-refractivity contribution in [2.75, 3.05) is 11.9 Å². The number of carbonyl (C=O) groups excluding carboxylic acids is 1. The molecule has 3 aromatic rings. The molecule has 0 unspecified atom stereocenters. The zero-order valence-corrected chi connectivity index (χ0v) is 14.9. The van der Waals surface area contributed by atoms with Gasteiger partial charge in [-0.05, 0) is 42.8 Å². The predicted molar refractivity (Wildman–Crippen MR) is 98.7 cm³/mol. The molecule has 24 heavy (non-hydrogen) atoms. The van der Waals surface area contributed by atoms with Gasteiger partial charge in [0.25, 0.3) is 5.91 Å². The van der Waals surface area contributed by atoms with Gasteiger partial charge < -0.3 is 14.5 Å². The van der Waals surface area contributed by atoms with E-state index in [4.69, 9.17) is 9.15 Å². The summed E-state index contributed by atoms with van der Waals surface area (Å²) in [6.07, 6.45) is 2.03. The van der Waals surface area contributed by atoms with Crippen LogP contribution < -0.4 is 10.1 Å². The van der Waals surface area contributed by atoms with Gasteiger partial charge in [0.1, 0.15) is 11.3 Å². The minimum atomic E-state index is -0.297. The zero-order valence-electron chi connectivity index (χ0n) is 13.3. The van der Waals surface area contributed by atoms with E-state index in [0.717, 1.165) is 22.7 Å². The first-order chi connectivity index (χ1) is 11.7. The summed E-state index contributed by atoms with van der Waals surface area (Å²) in [5.41, 5.74) is 1.32. The Morgan fingerprint density at radius 3 is 2.88 bits per heavy atom. The summed E-state index contributed by atoms with van der Waals surface area (Å²) in [6, 6.07) is 14.8. The van der Waals surface area contributed by atoms with Crippen molar-refractivity contribution in [3.63, 3.8) is 0 Å². The predicted octanol–water partition coefficient (Wildman–Crippen LogP) is 5.63. The monoisotopic (exact) mass is 387 g/mol. The Balaban J connectivity index is 1.78. The molecule has 0 bridgehead atoms. The molecule has 3 rings (SSSR count). The summed E-state index contributed by atoms with van der Waals surface area (Å²) in [5.74, 6) is 0.637. The summed E-state index contributed by atoms with van der Waals surface area (Å²) in [5, 5.41) is 3.74. The fraction of sp³-hybridized carbons (Fsp3) is 0.211. The Hall–Kier alpha value is -2.27. The zero-order chi connectivity index (χ0) is 16.9. The van der Waals surface area contributed by atoms with E-state index in [1.54, 1.807) is 6.07 Å². The quantitative estimate of drug-likeness (QED) is 0.557. The molecule has 0 radical (unpaired) electrons. The number of carbonyl (C=O) groups is 1. The Morgan fingerprint density at radius 1 is 1.21 bits per heavy atom. The number of amides is 1. The van der Waals surface area contributed by atoms with Crippen LogP contribution in [0.3, 0.4) is 0 Å². The lowest BCUT2D eigenvalue weighted by Crippen LogP contribution is -2.12. The maximum absolute atomic E-state index is 12.5. The van der Waals surface area contributed by atoms with Crippen LogP contribution in [-0.4, -0.2) is 12.5 Å². The van der Waals surface area contributed by atoms with Crippen LogP contribution in [0.5, 0.6) is 5.75 Å². The normalized spacial score (nSPS) is 10.8. The van der Waals surface area contributed by atoms with Gasteiger partial charge in [-0.15, -0.1) is 0 Å². The fourth-order valence-electron chi connectivity index (χ4n) is 2.33. The van der Waals surface area contributed by atoms with Crippen LogP contribution in [0.1, 0.15) is 30.3 Å². The minimum Gasteiger partial charge on any atom is -0.491 e. The summed E-state index contributed by atoms with van der Waals surface area (Å²) in [6.45, 7) is 2.74. The van der Waals surface area contributed by atoms with Gasteiger partial charge in [-0.2, -0.15) is 0 Å². The highest BCUT2D eigenvalue weighted by molar-refractivity contribution is 9.10. The number of halogens is 1. The van der Waals surface area contributed by atoms with Crippen molar-refractivity contribution in [2.24, 2.45) is 0 Å². The maximum Gasteiger partial charge on any atom is 0.291 e. The highest BCUT2D eigenvalue weighted by Crippen LogP contribution is 2.27. The number of nitrogens with one attached hydrogen (secondary N) is 1. The molecular formula is C19H18BrNO3. The first-order valence-corrected chi connectivity index (χ1v) is 8.69. The summed E-state index contributed by atoms with van der Waals surface area (Å²) >= 11 is 3.41. The van der Waals surface area contributed by atoms with Gasteiger partial charge in [0, 0.05) is 9.86 Å². The van der Waals surface area contributed by atoms with Crippen LogP contribution in [0, 0.1) is 0 Å². The van der Waals surface area contributed by atoms with Crippen LogP contribution in [-0.2, 0) is 0 Å². The molecule has 0 fully saturated rings. The molecule has 0 aliphatic rings. The minimum absolute atomic E-state index is 0.270. The van der Waals surface area contributed by atoms with E-state index in [9.17, 15) is 4.79 Å². The molecule has 0 aliphatic heterocycles. The first kappa shape index (κ1) is 16.6. The molecule has 4 nitrogen and oxygen atoms in total. The van der Waals surface area contributed by atoms with Crippen molar-refractivity contribution >= 4 is 38.5 Å². The van der Waals surface area contributed by atoms with Crippen LogP contribution in [0.2, 0.25) is 0 Å². The third-order valence-corrected chi connectivity index (χ3v) is 4.09. The number of hydrogen-bond donors (Lipinski definition) is 1. The number of benzene rings is 2. The maximum atomic E-state index is 12.5. The molecule has 1 amide bonds. The molecule has 1 aromatic heterocycles. The molecule has 0 saturated carbocycles. The summed E-state index contributed by atoms with van der Waals surface area (Å²) < 4.78 is 12.3. The Morgan fingerprint density at radius 2 is 2.04 bits per heavy atom. The van der Waals surface area contributed by atoms with Crippen LogP contribution in [0.4, 0.5) is 5.69 Å². The van der Waals surface area contributed by atoms with Crippen LogP contribution >= 0.6 is 15.9 Å². The average Bonchev–Trinajstić information content (AvgIpc) is 3.00. The molecule has 0 aliphatic carbocycles. The lowest BCUT2D eigenvalue weighted by atomic mass is 10.2. The summed E-state index contributed by atoms with van der Waals surface area (Å²) in [4.78, 5) is 12.5. The molecule has 5 heteroatoms. The van der Waals surface area contributed by atoms with Gasteiger partial charge in [0.05, 0.1) is 12.3 Å². The third-order valence-electron chi connectivity index (χ3n) is 3.59. The van der Waals surface area contributed by atoms with Gasteiger partial charge >= 0.3 is 0 Å². The number of para-hydroxylation sites is 2. The number of hydrogen-bond acceptors (Lipinski definition) is 3. The van der Waals surface area contributed by atoms with Crippen LogP contribution in [0.25, 0.3) is 11.0 Å². The Labute approximate surface area is 148 Å². The number of furan rings is 1. The smallest absolute Gasteiger partial charge is 0.291 e. The lowest BCUT2D eigenvalue weighted by molar-refractivity contribution is 0.0998. The number of unbranched alkanes of at least 4 members (excludes halogenated alkanes) is 1. The molecule has 2 aromatic carbocycles. The van der Waals surface area contributed by atoms with Crippen molar-refractivity contribution in [2.45, 2.75) is 19.8 Å². The van der Waals surface area contributed by atoms with Crippen molar-refractivity contribution in [3.8, 4) is 5.75 Å². The van der Waals surface area contributed by atoms with Crippen molar-refractivity contribution in [1.29, 1.82) is 0 Å². The molecule has 1 N–H and O–H groups in total. The van der Waals surface area contributed by atoms with E-state index in [-0.39, 0.29) is 11.7 Å². The van der Waals surface area contributed by atoms with Crippen molar-refractivity contribution in [3.05, 3.63) is 58.8 Å². The van der Waals surface area contributed by atoms with E-state index in [1.165, 1.54) is 0 Å². The lowest BCUT2D eigenvalue weighted by Gasteiger charge is -2.11. The third kappa shape index (κ3) is 3.79. The number of anilines is 1. The SMILES string of the molecule is CCCCOc1ccccc1NC(=O)c1cc2cc(Br)ccc2o1. The topological polar surface area (TPSA) is 51.5 Å². The number of ether oxygens (including phenoxy) is 1. The largest absolute Gasteiger partial charge is 0.491 e. The second-order valence-electron chi connectivity index (χ2n) is 5.45. The molecule has 1 heterocycles. The van der Waals surface area contributed by atoms with E-state index in [2.05, 4.69) is 28.2 Å². The molecule has 0 saturated heterocycles. The second-order valence-corrected chi connectivity index (χ2v) is 6.36. The molecule has 0 atom stereocenters. The van der Waals surface area contributed by atoms with Gasteiger partial charge in [0.15, 0.2) is 5.76 Å².